The van der Waals surface area contributed by atoms with E-state index in [1.54, 1.807) is 0 Å². The van der Waals surface area contributed by atoms with Gasteiger partial charge in [-0.25, -0.2) is 0 Å². The maximum Gasteiger partial charge on any atom is 0.263 e. The highest BCUT2D eigenvalue weighted by atomic mass is 35.5. The molecule has 3 rings (SSSR count). The molecule has 2 N–H and O–H groups in total. The van der Waals surface area contributed by atoms with E-state index in [-0.39, 0.29) is 18.4 Å². The summed E-state index contributed by atoms with van der Waals surface area (Å²) in [6, 6.07) is 13.4. The molecule has 0 saturated carbocycles. The van der Waals surface area contributed by atoms with Crippen molar-refractivity contribution in [1.29, 1.82) is 0 Å². The highest BCUT2D eigenvalue weighted by Crippen LogP contribution is 2.34. The minimum Gasteiger partial charge on any atom is -0.342 e. The van der Waals surface area contributed by atoms with Gasteiger partial charge in [-0.1, -0.05) is 35.9 Å². The summed E-state index contributed by atoms with van der Waals surface area (Å²) in [7, 11) is 0. The lowest BCUT2D eigenvalue weighted by atomic mass is 10.1. The number of rotatable bonds is 4. The number of amides is 2. The maximum absolute atomic E-state index is 12.3. The van der Waals surface area contributed by atoms with Crippen molar-refractivity contribution in [3.05, 3.63) is 63.5 Å². The van der Waals surface area contributed by atoms with Crippen molar-refractivity contribution in [3.63, 3.8) is 0 Å². The lowest BCUT2D eigenvalue weighted by molar-refractivity contribution is -0.115. The Morgan fingerprint density at radius 1 is 1.08 bits per heavy atom. The molecule has 25 heavy (non-hydrogen) atoms. The molecule has 2 aromatic carbocycles. The highest BCUT2D eigenvalue weighted by molar-refractivity contribution is 7.21. The number of nitrogens with one attached hydrogen (secondary N) is 2. The van der Waals surface area contributed by atoms with Gasteiger partial charge in [-0.3, -0.25) is 9.59 Å². The van der Waals surface area contributed by atoms with Gasteiger partial charge in [0.25, 0.3) is 5.91 Å². The largest absolute Gasteiger partial charge is 0.342 e. The van der Waals surface area contributed by atoms with Crippen LogP contribution in [0.1, 0.15) is 20.8 Å². The fraction of sp³-hybridized carbons (Fsp3) is 0.158. The van der Waals surface area contributed by atoms with E-state index in [1.807, 2.05) is 56.3 Å². The number of anilines is 1. The molecule has 0 bridgehead atoms. The Balaban J connectivity index is 1.65. The minimum atomic E-state index is -0.346. The van der Waals surface area contributed by atoms with Crippen molar-refractivity contribution >= 4 is 50.5 Å². The Bertz CT molecular complexity index is 945. The second kappa shape index (κ2) is 7.25. The SMILES string of the molecule is Cc1cc(C)cc(NC(=O)CNC(=O)c2sc3ccccc3c2Cl)c1. The van der Waals surface area contributed by atoms with E-state index < -0.39 is 0 Å². The average Bonchev–Trinajstić information content (AvgIpc) is 2.89. The number of carbonyl (C=O) groups excluding carboxylic acids is 2. The number of hydrogen-bond acceptors (Lipinski definition) is 3. The summed E-state index contributed by atoms with van der Waals surface area (Å²) in [5.41, 5.74) is 2.85. The zero-order valence-corrected chi connectivity index (χ0v) is 15.4. The molecule has 0 aliphatic carbocycles. The van der Waals surface area contributed by atoms with Crippen molar-refractivity contribution in [3.8, 4) is 0 Å². The molecule has 128 valence electrons. The second-order valence-electron chi connectivity index (χ2n) is 5.85. The van der Waals surface area contributed by atoms with Crippen LogP contribution in [0.4, 0.5) is 5.69 Å². The van der Waals surface area contributed by atoms with Crippen LogP contribution in [0.2, 0.25) is 5.02 Å². The first-order chi connectivity index (χ1) is 11.9. The molecular formula is C19H17ClN2O2S. The minimum absolute atomic E-state index is 0.115. The van der Waals surface area contributed by atoms with Gasteiger partial charge in [0.2, 0.25) is 5.91 Å². The van der Waals surface area contributed by atoms with Crippen molar-refractivity contribution < 1.29 is 9.59 Å². The Morgan fingerprint density at radius 3 is 2.44 bits per heavy atom. The highest BCUT2D eigenvalue weighted by Gasteiger charge is 2.17. The lowest BCUT2D eigenvalue weighted by Gasteiger charge is -2.08. The molecule has 0 unspecified atom stereocenters. The summed E-state index contributed by atoms with van der Waals surface area (Å²) in [6.07, 6.45) is 0. The molecule has 0 spiro atoms. The van der Waals surface area contributed by atoms with Crippen LogP contribution >= 0.6 is 22.9 Å². The van der Waals surface area contributed by atoms with Crippen LogP contribution in [0.5, 0.6) is 0 Å². The zero-order valence-electron chi connectivity index (χ0n) is 13.9. The molecule has 0 aliphatic rings. The summed E-state index contributed by atoms with van der Waals surface area (Å²) in [5, 5.41) is 6.68. The van der Waals surface area contributed by atoms with Gasteiger partial charge in [0, 0.05) is 15.8 Å². The fourth-order valence-electron chi connectivity index (χ4n) is 2.65. The molecule has 6 heteroatoms. The van der Waals surface area contributed by atoms with Crippen LogP contribution < -0.4 is 10.6 Å². The van der Waals surface area contributed by atoms with E-state index in [4.69, 9.17) is 11.6 Å². The number of benzene rings is 2. The van der Waals surface area contributed by atoms with Gasteiger partial charge >= 0.3 is 0 Å². The molecule has 0 atom stereocenters. The van der Waals surface area contributed by atoms with Crippen LogP contribution in [-0.2, 0) is 4.79 Å². The molecule has 1 aromatic heterocycles. The molecule has 1 heterocycles. The van der Waals surface area contributed by atoms with Crippen molar-refractivity contribution in [2.24, 2.45) is 0 Å². The topological polar surface area (TPSA) is 58.2 Å². The third kappa shape index (κ3) is 4.00. The van der Waals surface area contributed by atoms with Crippen LogP contribution in [0, 0.1) is 13.8 Å². The predicted molar refractivity (Wildman–Crippen MR) is 104 cm³/mol. The number of carbonyl (C=O) groups is 2. The Labute approximate surface area is 154 Å². The third-order valence-electron chi connectivity index (χ3n) is 3.66. The summed E-state index contributed by atoms with van der Waals surface area (Å²) in [4.78, 5) is 24.8. The molecule has 0 fully saturated rings. The number of aryl methyl sites for hydroxylation is 2. The zero-order chi connectivity index (χ0) is 18.0. The normalized spacial score (nSPS) is 10.7. The van der Waals surface area contributed by atoms with Gasteiger partial charge in [-0.05, 0) is 43.2 Å². The molecule has 2 amide bonds. The first-order valence-corrected chi connectivity index (χ1v) is 8.97. The fourth-order valence-corrected chi connectivity index (χ4v) is 4.09. The van der Waals surface area contributed by atoms with Gasteiger partial charge < -0.3 is 10.6 Å². The summed E-state index contributed by atoms with van der Waals surface area (Å²) >= 11 is 7.60. The van der Waals surface area contributed by atoms with E-state index in [0.717, 1.165) is 26.9 Å². The van der Waals surface area contributed by atoms with Crippen LogP contribution in [0.15, 0.2) is 42.5 Å². The molecule has 3 aromatic rings. The number of fused-ring (bicyclic) bond motifs is 1. The number of thiophene rings is 1. The predicted octanol–water partition coefficient (Wildman–Crippen LogP) is 4.54. The Hall–Kier alpha value is -2.37. The third-order valence-corrected chi connectivity index (χ3v) is 5.33. The van der Waals surface area contributed by atoms with Gasteiger partial charge in [-0.2, -0.15) is 0 Å². The lowest BCUT2D eigenvalue weighted by Crippen LogP contribution is -2.32. The summed E-state index contributed by atoms with van der Waals surface area (Å²) < 4.78 is 0.942. The van der Waals surface area contributed by atoms with Crippen LogP contribution in [-0.4, -0.2) is 18.4 Å². The monoisotopic (exact) mass is 372 g/mol. The Morgan fingerprint density at radius 2 is 1.76 bits per heavy atom. The van der Waals surface area contributed by atoms with Crippen LogP contribution in [0.3, 0.4) is 0 Å². The second-order valence-corrected chi connectivity index (χ2v) is 7.28. The summed E-state index contributed by atoms with van der Waals surface area (Å²) in [6.45, 7) is 3.82. The molecule has 0 saturated heterocycles. The van der Waals surface area contributed by atoms with Crippen molar-refractivity contribution in [2.75, 3.05) is 11.9 Å². The van der Waals surface area contributed by atoms with E-state index in [9.17, 15) is 9.59 Å². The quantitative estimate of drug-likeness (QED) is 0.706. The van der Waals surface area contributed by atoms with Gasteiger partial charge in [0.1, 0.15) is 4.88 Å². The van der Waals surface area contributed by atoms with E-state index in [0.29, 0.717) is 9.90 Å². The molecule has 4 nitrogen and oxygen atoms in total. The van der Waals surface area contributed by atoms with E-state index in [2.05, 4.69) is 10.6 Å². The molecule has 0 aliphatic heterocycles. The Kier molecular flexibility index (Phi) is 5.06. The average molecular weight is 373 g/mol. The molecule has 0 radical (unpaired) electrons. The standard InChI is InChI=1S/C19H17ClN2O2S/c1-11-7-12(2)9-13(8-11)22-16(23)10-21-19(24)18-17(20)14-5-3-4-6-15(14)25-18/h3-9H,10H2,1-2H3,(H,21,24)(H,22,23). The summed E-state index contributed by atoms with van der Waals surface area (Å²) in [5.74, 6) is -0.627. The smallest absolute Gasteiger partial charge is 0.263 e. The van der Waals surface area contributed by atoms with Crippen molar-refractivity contribution in [1.82, 2.24) is 5.32 Å². The first kappa shape index (κ1) is 17.5. The first-order valence-electron chi connectivity index (χ1n) is 7.77. The van der Waals surface area contributed by atoms with Crippen molar-refractivity contribution in [2.45, 2.75) is 13.8 Å². The van der Waals surface area contributed by atoms with E-state index >= 15 is 0 Å². The maximum atomic E-state index is 12.3. The number of hydrogen-bond donors (Lipinski definition) is 2. The molecular weight excluding hydrogens is 356 g/mol. The van der Waals surface area contributed by atoms with Gasteiger partial charge in [-0.15, -0.1) is 11.3 Å². The van der Waals surface area contributed by atoms with Gasteiger partial charge in [0.05, 0.1) is 11.6 Å². The number of halogens is 1. The van der Waals surface area contributed by atoms with Crippen LogP contribution in [0.25, 0.3) is 10.1 Å². The van der Waals surface area contributed by atoms with Gasteiger partial charge in [0.15, 0.2) is 0 Å². The van der Waals surface area contributed by atoms with E-state index in [1.165, 1.54) is 11.3 Å².